The molecule has 0 bridgehead atoms. The minimum atomic E-state index is 0.755. The van der Waals surface area contributed by atoms with E-state index in [4.69, 9.17) is 0 Å². The Kier molecular flexibility index (Phi) is 56.2. The molecule has 0 aliphatic carbocycles. The minimum absolute atomic E-state index is 0.755. The van der Waals surface area contributed by atoms with E-state index in [1.807, 2.05) is 7.05 Å². The average Bonchev–Trinajstić information content (AvgIpc) is 2.37. The van der Waals surface area contributed by atoms with Gasteiger partial charge in [-0.05, 0) is 33.7 Å². The Labute approximate surface area is 103 Å². The zero-order valence-electron chi connectivity index (χ0n) is 12.1. The smallest absolute Gasteiger partial charge is 0.0269 e. The molecule has 0 amide bonds. The molecule has 0 fully saturated rings. The standard InChI is InChI=1S/C8H19N.C2H5N.C2H4.CH5N/c1-4-6-7-8(5-2)9-3;1-3-2;2*1-2/h8-9H,4-7H2,1-3H3;1H2,2H3;1-2H2;2H2,1H3. The summed E-state index contributed by atoms with van der Waals surface area (Å²) in [6, 6.07) is 0.755. The van der Waals surface area contributed by atoms with Crippen LogP contribution in [0.5, 0.6) is 0 Å². The van der Waals surface area contributed by atoms with E-state index < -0.39 is 0 Å². The Morgan fingerprint density at radius 3 is 1.81 bits per heavy atom. The lowest BCUT2D eigenvalue weighted by molar-refractivity contribution is 0.488. The van der Waals surface area contributed by atoms with E-state index in [0.29, 0.717) is 0 Å². The molecular formula is C13H33N3. The highest BCUT2D eigenvalue weighted by molar-refractivity contribution is 5.22. The fourth-order valence-corrected chi connectivity index (χ4v) is 1.00. The fraction of sp³-hybridized carbons (Fsp3) is 0.769. The number of nitrogens with zero attached hydrogens (tertiary/aromatic N) is 1. The molecule has 0 spiro atoms. The van der Waals surface area contributed by atoms with Crippen LogP contribution in [0.25, 0.3) is 0 Å². The van der Waals surface area contributed by atoms with Crippen molar-refractivity contribution in [2.75, 3.05) is 21.1 Å². The summed E-state index contributed by atoms with van der Waals surface area (Å²) >= 11 is 0. The van der Waals surface area contributed by atoms with Crippen LogP contribution in [0.2, 0.25) is 0 Å². The van der Waals surface area contributed by atoms with Crippen molar-refractivity contribution >= 4 is 6.72 Å². The van der Waals surface area contributed by atoms with Crippen molar-refractivity contribution in [2.45, 2.75) is 45.6 Å². The molecule has 0 saturated carbocycles. The van der Waals surface area contributed by atoms with Crippen molar-refractivity contribution in [3.63, 3.8) is 0 Å². The summed E-state index contributed by atoms with van der Waals surface area (Å²) in [5.41, 5.74) is 4.50. The molecule has 0 aliphatic heterocycles. The molecule has 0 aromatic heterocycles. The Bertz CT molecular complexity index is 91.2. The summed E-state index contributed by atoms with van der Waals surface area (Å²) in [5.74, 6) is 0. The second-order valence-corrected chi connectivity index (χ2v) is 2.85. The van der Waals surface area contributed by atoms with Crippen molar-refractivity contribution in [2.24, 2.45) is 10.7 Å². The van der Waals surface area contributed by atoms with E-state index >= 15 is 0 Å². The van der Waals surface area contributed by atoms with Gasteiger partial charge in [0.05, 0.1) is 0 Å². The quantitative estimate of drug-likeness (QED) is 0.564. The van der Waals surface area contributed by atoms with Gasteiger partial charge in [0.15, 0.2) is 0 Å². The summed E-state index contributed by atoms with van der Waals surface area (Å²) in [6.07, 6.45) is 5.28. The first kappa shape index (κ1) is 24.5. The highest BCUT2D eigenvalue weighted by Gasteiger charge is 1.99. The van der Waals surface area contributed by atoms with Crippen LogP contribution in [0.15, 0.2) is 18.2 Å². The molecule has 0 radical (unpaired) electrons. The van der Waals surface area contributed by atoms with Crippen molar-refractivity contribution in [3.05, 3.63) is 13.2 Å². The van der Waals surface area contributed by atoms with E-state index in [-0.39, 0.29) is 0 Å². The SMILES string of the molecule is C=C.C=NC.CCCCC(CC)NC.CN. The molecule has 0 heterocycles. The number of rotatable bonds is 5. The predicted octanol–water partition coefficient (Wildman–Crippen LogP) is 2.87. The van der Waals surface area contributed by atoms with Gasteiger partial charge in [0.2, 0.25) is 0 Å². The molecular weight excluding hydrogens is 198 g/mol. The second-order valence-electron chi connectivity index (χ2n) is 2.85. The maximum atomic E-state index is 4.50. The molecule has 100 valence electrons. The number of hydrogen-bond donors (Lipinski definition) is 2. The van der Waals surface area contributed by atoms with Gasteiger partial charge in [-0.3, -0.25) is 0 Å². The van der Waals surface area contributed by atoms with Crippen LogP contribution in [-0.4, -0.2) is 33.9 Å². The largest absolute Gasteiger partial charge is 0.333 e. The zero-order valence-corrected chi connectivity index (χ0v) is 12.1. The summed E-state index contributed by atoms with van der Waals surface area (Å²) in [7, 11) is 5.18. The molecule has 0 aromatic rings. The van der Waals surface area contributed by atoms with Crippen molar-refractivity contribution < 1.29 is 0 Å². The van der Waals surface area contributed by atoms with E-state index in [9.17, 15) is 0 Å². The van der Waals surface area contributed by atoms with Crippen molar-refractivity contribution in [1.82, 2.24) is 5.32 Å². The van der Waals surface area contributed by atoms with Gasteiger partial charge in [-0.1, -0.05) is 26.7 Å². The molecule has 0 saturated heterocycles. The molecule has 3 heteroatoms. The van der Waals surface area contributed by atoms with E-state index in [2.05, 4.69) is 49.8 Å². The Morgan fingerprint density at radius 1 is 1.25 bits per heavy atom. The highest BCUT2D eigenvalue weighted by Crippen LogP contribution is 2.02. The summed E-state index contributed by atoms with van der Waals surface area (Å²) < 4.78 is 0. The monoisotopic (exact) mass is 231 g/mol. The summed E-state index contributed by atoms with van der Waals surface area (Å²) in [6.45, 7) is 13.6. The van der Waals surface area contributed by atoms with E-state index in [1.54, 1.807) is 7.05 Å². The Hall–Kier alpha value is -0.670. The van der Waals surface area contributed by atoms with Crippen molar-refractivity contribution in [1.29, 1.82) is 0 Å². The molecule has 16 heavy (non-hydrogen) atoms. The van der Waals surface area contributed by atoms with Gasteiger partial charge in [0.1, 0.15) is 0 Å². The minimum Gasteiger partial charge on any atom is -0.333 e. The summed E-state index contributed by atoms with van der Waals surface area (Å²) in [4.78, 5) is 3.25. The lowest BCUT2D eigenvalue weighted by atomic mass is 10.1. The molecule has 0 rings (SSSR count). The number of aliphatic imine (C=N–C) groups is 1. The zero-order chi connectivity index (χ0) is 13.8. The van der Waals surface area contributed by atoms with Crippen LogP contribution in [-0.2, 0) is 0 Å². The third kappa shape index (κ3) is 37.7. The molecule has 1 unspecified atom stereocenters. The number of hydrogen-bond acceptors (Lipinski definition) is 3. The first-order valence-corrected chi connectivity index (χ1v) is 5.86. The maximum Gasteiger partial charge on any atom is 0.0269 e. The third-order valence-corrected chi connectivity index (χ3v) is 1.81. The van der Waals surface area contributed by atoms with Gasteiger partial charge >= 0.3 is 0 Å². The number of nitrogens with two attached hydrogens (primary N) is 1. The molecule has 1 atom stereocenters. The first-order valence-electron chi connectivity index (χ1n) is 5.86. The average molecular weight is 231 g/mol. The number of nitrogens with one attached hydrogen (secondary N) is 1. The lowest BCUT2D eigenvalue weighted by Crippen LogP contribution is -2.23. The van der Waals surface area contributed by atoms with E-state index in [1.165, 1.54) is 32.7 Å². The highest BCUT2D eigenvalue weighted by atomic mass is 14.9. The van der Waals surface area contributed by atoms with Crippen LogP contribution in [0, 0.1) is 0 Å². The molecule has 3 nitrogen and oxygen atoms in total. The van der Waals surface area contributed by atoms with Gasteiger partial charge in [-0.25, -0.2) is 0 Å². The van der Waals surface area contributed by atoms with Crippen LogP contribution >= 0.6 is 0 Å². The Morgan fingerprint density at radius 2 is 1.62 bits per heavy atom. The normalized spacial score (nSPS) is 9.12. The third-order valence-electron chi connectivity index (χ3n) is 1.81. The van der Waals surface area contributed by atoms with E-state index in [0.717, 1.165) is 6.04 Å². The number of unbranched alkanes of at least 4 members (excludes halogenated alkanes) is 1. The second kappa shape index (κ2) is 36.7. The van der Waals surface area contributed by atoms with Crippen LogP contribution in [0.1, 0.15) is 39.5 Å². The molecule has 0 aromatic carbocycles. The van der Waals surface area contributed by atoms with Gasteiger partial charge in [-0.2, -0.15) is 0 Å². The van der Waals surface area contributed by atoms with Crippen LogP contribution < -0.4 is 11.1 Å². The topological polar surface area (TPSA) is 50.4 Å². The van der Waals surface area contributed by atoms with Gasteiger partial charge in [0, 0.05) is 13.1 Å². The Balaban J connectivity index is -0.0000000864. The fourth-order valence-electron chi connectivity index (χ4n) is 1.00. The summed E-state index contributed by atoms with van der Waals surface area (Å²) in [5, 5.41) is 3.29. The van der Waals surface area contributed by atoms with Gasteiger partial charge in [-0.15, -0.1) is 13.2 Å². The predicted molar refractivity (Wildman–Crippen MR) is 79.5 cm³/mol. The van der Waals surface area contributed by atoms with Crippen molar-refractivity contribution in [3.8, 4) is 0 Å². The van der Waals surface area contributed by atoms with Gasteiger partial charge in [0.25, 0.3) is 0 Å². The molecule has 3 N–H and O–H groups in total. The molecule has 0 aliphatic rings. The first-order chi connectivity index (χ1) is 7.76. The lowest BCUT2D eigenvalue weighted by Gasteiger charge is -2.11. The van der Waals surface area contributed by atoms with Gasteiger partial charge < -0.3 is 16.0 Å². The maximum absolute atomic E-state index is 4.50. The van der Waals surface area contributed by atoms with Crippen LogP contribution in [0.3, 0.4) is 0 Å². The van der Waals surface area contributed by atoms with Crippen LogP contribution in [0.4, 0.5) is 0 Å².